The zero-order valence-electron chi connectivity index (χ0n) is 11.5. The molecular formula is C16H17FN2O. The third-order valence-electron chi connectivity index (χ3n) is 3.20. The van der Waals surface area contributed by atoms with Crippen LogP contribution in [0.5, 0.6) is 0 Å². The molecule has 4 heteroatoms. The molecule has 2 aromatic rings. The Balaban J connectivity index is 2.24. The number of carbonyl (C=O) groups excluding carboxylic acids is 1. The highest BCUT2D eigenvalue weighted by Gasteiger charge is 2.12. The van der Waals surface area contributed by atoms with Gasteiger partial charge in [0, 0.05) is 17.3 Å². The van der Waals surface area contributed by atoms with Crippen LogP contribution in [0.25, 0.3) is 0 Å². The highest BCUT2D eigenvalue weighted by Crippen LogP contribution is 2.22. The summed E-state index contributed by atoms with van der Waals surface area (Å²) in [5.74, 6) is -0.741. The summed E-state index contributed by atoms with van der Waals surface area (Å²) < 4.78 is 13.1. The number of carbonyl (C=O) groups is 1. The Kier molecular flexibility index (Phi) is 4.48. The maximum Gasteiger partial charge on any atom is 0.255 e. The monoisotopic (exact) mass is 272 g/mol. The second-order valence-electron chi connectivity index (χ2n) is 4.56. The Morgan fingerprint density at radius 2 is 1.90 bits per heavy atom. The van der Waals surface area contributed by atoms with Crippen molar-refractivity contribution in [2.24, 2.45) is 0 Å². The lowest BCUT2D eigenvalue weighted by Crippen LogP contribution is -2.18. The van der Waals surface area contributed by atoms with E-state index in [1.165, 1.54) is 18.2 Å². The third kappa shape index (κ3) is 3.22. The van der Waals surface area contributed by atoms with Gasteiger partial charge in [0.2, 0.25) is 0 Å². The molecular weight excluding hydrogens is 255 g/mol. The molecule has 0 aliphatic rings. The van der Waals surface area contributed by atoms with Gasteiger partial charge in [0.25, 0.3) is 5.91 Å². The van der Waals surface area contributed by atoms with Gasteiger partial charge in [0.05, 0.1) is 0 Å². The minimum Gasteiger partial charge on any atom is -0.322 e. The molecule has 0 spiro atoms. The van der Waals surface area contributed by atoms with Crippen LogP contribution in [0.3, 0.4) is 0 Å². The fourth-order valence-electron chi connectivity index (χ4n) is 1.97. The molecule has 0 heterocycles. The van der Waals surface area contributed by atoms with Crippen LogP contribution in [0.2, 0.25) is 0 Å². The van der Waals surface area contributed by atoms with Crippen LogP contribution in [0.1, 0.15) is 28.9 Å². The SMILES string of the molecule is CNC(C)c1ccccc1NC(=O)c1cccc(F)c1. The standard InChI is InChI=1S/C16H17FN2O/c1-11(18-2)14-8-3-4-9-15(14)19-16(20)12-6-5-7-13(17)10-12/h3-11,18H,1-2H3,(H,19,20). The van der Waals surface area contributed by atoms with Gasteiger partial charge in [-0.25, -0.2) is 4.39 Å². The lowest BCUT2D eigenvalue weighted by molar-refractivity contribution is 0.102. The molecule has 0 aromatic heterocycles. The average Bonchev–Trinajstić information content (AvgIpc) is 2.47. The lowest BCUT2D eigenvalue weighted by Gasteiger charge is -2.16. The maximum absolute atomic E-state index is 13.1. The highest BCUT2D eigenvalue weighted by molar-refractivity contribution is 6.04. The van der Waals surface area contributed by atoms with E-state index in [1.54, 1.807) is 6.07 Å². The van der Waals surface area contributed by atoms with E-state index in [0.29, 0.717) is 5.56 Å². The number of nitrogens with one attached hydrogen (secondary N) is 2. The Morgan fingerprint density at radius 3 is 2.60 bits per heavy atom. The van der Waals surface area contributed by atoms with Crippen LogP contribution in [-0.2, 0) is 0 Å². The molecule has 1 unspecified atom stereocenters. The van der Waals surface area contributed by atoms with Crippen LogP contribution < -0.4 is 10.6 Å². The third-order valence-corrected chi connectivity index (χ3v) is 3.20. The smallest absolute Gasteiger partial charge is 0.255 e. The molecule has 1 amide bonds. The number of benzene rings is 2. The van der Waals surface area contributed by atoms with Gasteiger partial charge in [0.1, 0.15) is 5.82 Å². The van der Waals surface area contributed by atoms with Crippen LogP contribution in [-0.4, -0.2) is 13.0 Å². The summed E-state index contributed by atoms with van der Waals surface area (Å²) in [6, 6.07) is 13.3. The molecule has 104 valence electrons. The molecule has 2 N–H and O–H groups in total. The molecule has 0 bridgehead atoms. The van der Waals surface area contributed by atoms with Crippen molar-refractivity contribution >= 4 is 11.6 Å². The molecule has 0 saturated carbocycles. The number of halogens is 1. The zero-order valence-corrected chi connectivity index (χ0v) is 11.5. The van der Waals surface area contributed by atoms with Crippen LogP contribution >= 0.6 is 0 Å². The normalized spacial score (nSPS) is 11.9. The first kappa shape index (κ1) is 14.2. The van der Waals surface area contributed by atoms with Crippen molar-refractivity contribution in [3.05, 3.63) is 65.5 Å². The first-order chi connectivity index (χ1) is 9.61. The summed E-state index contributed by atoms with van der Waals surface area (Å²) in [6.45, 7) is 2.01. The topological polar surface area (TPSA) is 41.1 Å². The van der Waals surface area contributed by atoms with Crippen molar-refractivity contribution in [1.82, 2.24) is 5.32 Å². The minimum absolute atomic E-state index is 0.110. The van der Waals surface area contributed by atoms with Crippen molar-refractivity contribution < 1.29 is 9.18 Å². The zero-order chi connectivity index (χ0) is 14.5. The Bertz CT molecular complexity index is 613. The molecule has 0 aliphatic heterocycles. The maximum atomic E-state index is 13.1. The van der Waals surface area contributed by atoms with Gasteiger partial charge >= 0.3 is 0 Å². The molecule has 3 nitrogen and oxygen atoms in total. The number of rotatable bonds is 4. The lowest BCUT2D eigenvalue weighted by atomic mass is 10.1. The Morgan fingerprint density at radius 1 is 1.15 bits per heavy atom. The van der Waals surface area contributed by atoms with Crippen molar-refractivity contribution in [3.8, 4) is 0 Å². The van der Waals surface area contributed by atoms with Crippen molar-refractivity contribution in [2.45, 2.75) is 13.0 Å². The van der Waals surface area contributed by atoms with E-state index in [9.17, 15) is 9.18 Å². The van der Waals surface area contributed by atoms with E-state index in [1.807, 2.05) is 38.2 Å². The van der Waals surface area contributed by atoms with Gasteiger partial charge < -0.3 is 10.6 Å². The summed E-state index contributed by atoms with van der Waals surface area (Å²) in [4.78, 5) is 12.1. The minimum atomic E-state index is -0.422. The molecule has 0 aliphatic carbocycles. The average molecular weight is 272 g/mol. The first-order valence-electron chi connectivity index (χ1n) is 6.45. The van der Waals surface area contributed by atoms with E-state index >= 15 is 0 Å². The largest absolute Gasteiger partial charge is 0.322 e. The van der Waals surface area contributed by atoms with Crippen molar-refractivity contribution in [3.63, 3.8) is 0 Å². The number of anilines is 1. The summed E-state index contributed by atoms with van der Waals surface area (Å²) >= 11 is 0. The number of para-hydroxylation sites is 1. The predicted octanol–water partition coefficient (Wildman–Crippen LogP) is 3.36. The van der Waals surface area contributed by atoms with Gasteiger partial charge in [0.15, 0.2) is 0 Å². The number of amides is 1. The van der Waals surface area contributed by atoms with Gasteiger partial charge in [-0.3, -0.25) is 4.79 Å². The van der Waals surface area contributed by atoms with Gasteiger partial charge in [-0.05, 0) is 43.8 Å². The Labute approximate surface area is 117 Å². The summed E-state index contributed by atoms with van der Waals surface area (Å²) in [6.07, 6.45) is 0. The van der Waals surface area contributed by atoms with Crippen molar-refractivity contribution in [1.29, 1.82) is 0 Å². The van der Waals surface area contributed by atoms with E-state index in [4.69, 9.17) is 0 Å². The fourth-order valence-corrected chi connectivity index (χ4v) is 1.97. The molecule has 2 rings (SSSR count). The van der Waals surface area contributed by atoms with Gasteiger partial charge in [-0.1, -0.05) is 24.3 Å². The number of hydrogen-bond donors (Lipinski definition) is 2. The summed E-state index contributed by atoms with van der Waals surface area (Å²) in [7, 11) is 1.86. The first-order valence-corrected chi connectivity index (χ1v) is 6.45. The summed E-state index contributed by atoms with van der Waals surface area (Å²) in [5.41, 5.74) is 2.01. The van der Waals surface area contributed by atoms with Crippen LogP contribution in [0.15, 0.2) is 48.5 Å². The molecule has 1 atom stereocenters. The molecule has 20 heavy (non-hydrogen) atoms. The quantitative estimate of drug-likeness (QED) is 0.896. The predicted molar refractivity (Wildman–Crippen MR) is 78.3 cm³/mol. The molecule has 2 aromatic carbocycles. The second kappa shape index (κ2) is 6.30. The highest BCUT2D eigenvalue weighted by atomic mass is 19.1. The molecule has 0 radical (unpaired) electrons. The van der Waals surface area contributed by atoms with E-state index in [0.717, 1.165) is 11.3 Å². The van der Waals surface area contributed by atoms with Crippen LogP contribution in [0.4, 0.5) is 10.1 Å². The van der Waals surface area contributed by atoms with Gasteiger partial charge in [-0.2, -0.15) is 0 Å². The fraction of sp³-hybridized carbons (Fsp3) is 0.188. The second-order valence-corrected chi connectivity index (χ2v) is 4.56. The van der Waals surface area contributed by atoms with E-state index < -0.39 is 5.82 Å². The Hall–Kier alpha value is -2.20. The number of hydrogen-bond acceptors (Lipinski definition) is 2. The van der Waals surface area contributed by atoms with E-state index in [-0.39, 0.29) is 11.9 Å². The summed E-state index contributed by atoms with van der Waals surface area (Å²) in [5, 5.41) is 5.96. The van der Waals surface area contributed by atoms with Crippen LogP contribution in [0, 0.1) is 5.82 Å². The van der Waals surface area contributed by atoms with Gasteiger partial charge in [-0.15, -0.1) is 0 Å². The van der Waals surface area contributed by atoms with Crippen molar-refractivity contribution in [2.75, 3.05) is 12.4 Å². The molecule has 0 saturated heterocycles. The van der Waals surface area contributed by atoms with E-state index in [2.05, 4.69) is 10.6 Å². The molecule has 0 fully saturated rings.